The number of aromatic amines is 1. The van der Waals surface area contributed by atoms with Crippen molar-refractivity contribution in [3.05, 3.63) is 95.3 Å². The number of amidine groups is 1. The minimum Gasteiger partial charge on any atom is -0.384 e. The van der Waals surface area contributed by atoms with Gasteiger partial charge in [-0.25, -0.2) is 5.14 Å². The van der Waals surface area contributed by atoms with Crippen molar-refractivity contribution in [2.75, 3.05) is 6.54 Å². The Bertz CT molecular complexity index is 1350. The van der Waals surface area contributed by atoms with Crippen LogP contribution in [0.2, 0.25) is 0 Å². The van der Waals surface area contributed by atoms with Gasteiger partial charge in [-0.2, -0.15) is 13.1 Å². The number of nitrogens with one attached hydrogen (secondary N) is 5. The number of rotatable bonds is 11. The minimum atomic E-state index is -4.33. The number of benzene rings is 2. The van der Waals surface area contributed by atoms with Gasteiger partial charge >= 0.3 is 0 Å². The van der Waals surface area contributed by atoms with E-state index in [1.807, 2.05) is 12.1 Å². The second-order valence-corrected chi connectivity index (χ2v) is 10.5. The molecule has 3 aromatic rings. The van der Waals surface area contributed by atoms with Crippen molar-refractivity contribution in [3.63, 3.8) is 0 Å². The predicted molar refractivity (Wildman–Crippen MR) is 143 cm³/mol. The van der Waals surface area contributed by atoms with Gasteiger partial charge in [0.1, 0.15) is 17.9 Å². The lowest BCUT2D eigenvalue weighted by Gasteiger charge is -2.29. The van der Waals surface area contributed by atoms with Crippen molar-refractivity contribution in [1.82, 2.24) is 20.3 Å². The fraction of sp³-hybridized carbons (Fsp3) is 0.269. The number of hydrogen-bond donors (Lipinski definition) is 7. The third-order valence-electron chi connectivity index (χ3n) is 6.53. The van der Waals surface area contributed by atoms with E-state index in [0.717, 1.165) is 6.42 Å². The molecule has 200 valence electrons. The zero-order chi connectivity index (χ0) is 27.3. The van der Waals surface area contributed by atoms with Crippen LogP contribution in [0.5, 0.6) is 0 Å². The number of hydrogen-bond acceptors (Lipinski definition) is 6. The van der Waals surface area contributed by atoms with Gasteiger partial charge in [0.05, 0.1) is 6.04 Å². The first kappa shape index (κ1) is 27.2. The first-order valence-corrected chi connectivity index (χ1v) is 13.7. The number of H-pyrrole nitrogens is 1. The number of nitrogens with two attached hydrogens (primary N) is 2. The van der Waals surface area contributed by atoms with Crippen LogP contribution in [0.4, 0.5) is 0 Å². The molecule has 11 nitrogen and oxygen atoms in total. The Morgan fingerprint density at radius 2 is 1.63 bits per heavy atom. The number of carbonyl (C=O) groups is 2. The molecule has 12 heteroatoms. The average molecular weight is 538 g/mol. The molecule has 0 saturated carbocycles. The fourth-order valence-electron chi connectivity index (χ4n) is 4.74. The van der Waals surface area contributed by atoms with Gasteiger partial charge in [-0.3, -0.25) is 15.0 Å². The summed E-state index contributed by atoms with van der Waals surface area (Å²) in [7, 11) is -4.33. The van der Waals surface area contributed by atoms with E-state index >= 15 is 0 Å². The van der Waals surface area contributed by atoms with Crippen LogP contribution in [-0.4, -0.2) is 49.6 Å². The van der Waals surface area contributed by atoms with E-state index in [1.54, 1.807) is 48.5 Å². The number of ketones is 1. The minimum absolute atomic E-state index is 0.203. The molecule has 1 aliphatic rings. The normalized spacial score (nSPS) is 17.2. The summed E-state index contributed by atoms with van der Waals surface area (Å²) in [4.78, 5) is 30.4. The molecule has 4 rings (SSSR count). The first-order chi connectivity index (χ1) is 18.1. The third-order valence-corrected chi connectivity index (χ3v) is 7.11. The molecule has 0 radical (unpaired) electrons. The Hall–Kier alpha value is -3.84. The summed E-state index contributed by atoms with van der Waals surface area (Å²) in [5.74, 6) is -2.00. The summed E-state index contributed by atoms with van der Waals surface area (Å²) >= 11 is 0. The monoisotopic (exact) mass is 537 g/mol. The van der Waals surface area contributed by atoms with E-state index < -0.39 is 40.2 Å². The quantitative estimate of drug-likeness (QED) is 0.139. The van der Waals surface area contributed by atoms with Gasteiger partial charge in [-0.15, -0.1) is 0 Å². The molecule has 1 aromatic heterocycles. The Labute approximate surface area is 221 Å². The summed E-state index contributed by atoms with van der Waals surface area (Å²) in [6.07, 6.45) is 2.88. The second-order valence-electron chi connectivity index (χ2n) is 9.19. The Morgan fingerprint density at radius 1 is 1.03 bits per heavy atom. The van der Waals surface area contributed by atoms with Crippen molar-refractivity contribution in [1.29, 1.82) is 5.41 Å². The lowest BCUT2D eigenvalue weighted by atomic mass is 9.84. The standard InChI is InChI=1S/C26H31N7O4S/c27-25(28)18-14-20(31-15-18)22(24(34)19-12-7-13-30-19)32-26(35)23(33-38(29,36)37)21(16-8-3-1-4-9-16)17-10-5-2-6-11-17/h1-6,8-11,14-15,19,21-23,30-31,33H,7,12-13H2,(H3,27,28)(H,32,35)(H2,29,36,37)/t19-,22?,23+/m0/s1. The van der Waals surface area contributed by atoms with Gasteiger partial charge in [0.25, 0.3) is 10.2 Å². The first-order valence-electron chi connectivity index (χ1n) is 12.1. The highest BCUT2D eigenvalue weighted by Crippen LogP contribution is 2.29. The molecule has 1 fully saturated rings. The van der Waals surface area contributed by atoms with E-state index in [-0.39, 0.29) is 11.6 Å². The fourth-order valence-corrected chi connectivity index (χ4v) is 5.34. The number of aromatic nitrogens is 1. The Kier molecular flexibility index (Phi) is 8.37. The van der Waals surface area contributed by atoms with Crippen LogP contribution in [0.25, 0.3) is 0 Å². The molecule has 0 aliphatic carbocycles. The van der Waals surface area contributed by atoms with Gasteiger partial charge in [0.15, 0.2) is 5.78 Å². The zero-order valence-electron chi connectivity index (χ0n) is 20.6. The molecule has 1 amide bonds. The topological polar surface area (TPSA) is 196 Å². The second kappa shape index (κ2) is 11.7. The van der Waals surface area contributed by atoms with Crippen LogP contribution in [-0.2, 0) is 19.8 Å². The maximum absolute atomic E-state index is 13.9. The third kappa shape index (κ3) is 6.53. The summed E-state index contributed by atoms with van der Waals surface area (Å²) in [5, 5.41) is 19.0. The zero-order valence-corrected chi connectivity index (χ0v) is 21.4. The summed E-state index contributed by atoms with van der Waals surface area (Å²) in [5.41, 5.74) is 7.64. The van der Waals surface area contributed by atoms with Crippen LogP contribution in [0.1, 0.15) is 47.2 Å². The van der Waals surface area contributed by atoms with Crippen LogP contribution in [0, 0.1) is 5.41 Å². The summed E-state index contributed by atoms with van der Waals surface area (Å²) in [6, 6.07) is 16.4. The van der Waals surface area contributed by atoms with E-state index in [9.17, 15) is 18.0 Å². The molecule has 0 bridgehead atoms. The molecule has 9 N–H and O–H groups in total. The van der Waals surface area contributed by atoms with Crippen molar-refractivity contribution in [2.45, 2.75) is 36.9 Å². The molecule has 1 saturated heterocycles. The smallest absolute Gasteiger partial charge is 0.275 e. The highest BCUT2D eigenvalue weighted by atomic mass is 32.2. The molecular formula is C26H31N7O4S. The average Bonchev–Trinajstić information content (AvgIpc) is 3.60. The molecule has 0 spiro atoms. The van der Waals surface area contributed by atoms with Gasteiger partial charge in [0.2, 0.25) is 5.91 Å². The van der Waals surface area contributed by atoms with E-state index in [0.29, 0.717) is 35.3 Å². The summed E-state index contributed by atoms with van der Waals surface area (Å²) < 4.78 is 26.8. The SMILES string of the molecule is N=C(N)c1c[nH]c(C(NC(=O)[C@H](NS(N)(=O)=O)C(c2ccccc2)c2ccccc2)C(=O)[C@@H]2CCCN2)c1. The van der Waals surface area contributed by atoms with Crippen LogP contribution in [0.15, 0.2) is 72.9 Å². The lowest BCUT2D eigenvalue weighted by Crippen LogP contribution is -2.54. The number of amides is 1. The Balaban J connectivity index is 1.75. The van der Waals surface area contributed by atoms with Crippen molar-refractivity contribution in [3.8, 4) is 0 Å². The van der Waals surface area contributed by atoms with E-state index in [2.05, 4.69) is 20.3 Å². The van der Waals surface area contributed by atoms with Crippen LogP contribution < -0.4 is 26.2 Å². The molecule has 1 aliphatic heterocycles. The van der Waals surface area contributed by atoms with Gasteiger partial charge in [0, 0.05) is 23.4 Å². The van der Waals surface area contributed by atoms with Gasteiger partial charge < -0.3 is 21.4 Å². The van der Waals surface area contributed by atoms with E-state index in [1.165, 1.54) is 12.3 Å². The molecule has 3 atom stereocenters. The Morgan fingerprint density at radius 3 is 2.11 bits per heavy atom. The number of carbonyl (C=O) groups excluding carboxylic acids is 2. The van der Waals surface area contributed by atoms with Crippen molar-refractivity contribution >= 4 is 27.7 Å². The molecular weight excluding hydrogens is 506 g/mol. The predicted octanol–water partition coefficient (Wildman–Crippen LogP) is 0.771. The molecule has 38 heavy (non-hydrogen) atoms. The molecule has 2 aromatic carbocycles. The summed E-state index contributed by atoms with van der Waals surface area (Å²) in [6.45, 7) is 0.667. The highest BCUT2D eigenvalue weighted by molar-refractivity contribution is 7.87. The van der Waals surface area contributed by atoms with Gasteiger partial charge in [-0.05, 0) is 36.6 Å². The number of Topliss-reactive ketones (excluding diaryl/α,β-unsaturated/α-hetero) is 1. The van der Waals surface area contributed by atoms with E-state index in [4.69, 9.17) is 16.3 Å². The lowest BCUT2D eigenvalue weighted by molar-refractivity contribution is -0.130. The van der Waals surface area contributed by atoms with Crippen LogP contribution in [0.3, 0.4) is 0 Å². The van der Waals surface area contributed by atoms with Gasteiger partial charge in [-0.1, -0.05) is 60.7 Å². The maximum atomic E-state index is 13.9. The highest BCUT2D eigenvalue weighted by Gasteiger charge is 2.38. The maximum Gasteiger partial charge on any atom is 0.275 e. The van der Waals surface area contributed by atoms with Crippen LogP contribution >= 0.6 is 0 Å². The molecule has 2 heterocycles. The number of nitrogen functional groups attached to an aromatic ring is 1. The molecule has 1 unspecified atom stereocenters. The largest absolute Gasteiger partial charge is 0.384 e. The van der Waals surface area contributed by atoms with Crippen molar-refractivity contribution < 1.29 is 18.0 Å². The van der Waals surface area contributed by atoms with Crippen molar-refractivity contribution in [2.24, 2.45) is 10.9 Å².